The minimum atomic E-state index is -1.81. The molecule has 0 saturated heterocycles. The summed E-state index contributed by atoms with van der Waals surface area (Å²) in [6, 6.07) is 3.36. The van der Waals surface area contributed by atoms with Crippen molar-refractivity contribution in [1.82, 2.24) is 9.97 Å². The van der Waals surface area contributed by atoms with Crippen LogP contribution in [0, 0.1) is 0 Å². The van der Waals surface area contributed by atoms with Gasteiger partial charge in [-0.2, -0.15) is 0 Å². The molecular formula is C18H21BN2O6. The van der Waals surface area contributed by atoms with Crippen molar-refractivity contribution < 1.29 is 28.8 Å². The minimum absolute atomic E-state index is 0.108. The molecule has 0 bridgehead atoms. The van der Waals surface area contributed by atoms with Crippen LogP contribution < -0.4 is 14.9 Å². The number of benzene rings is 1. The normalized spacial score (nSPS) is 18.0. The van der Waals surface area contributed by atoms with E-state index in [1.54, 1.807) is 25.3 Å². The summed E-state index contributed by atoms with van der Waals surface area (Å²) >= 11 is 0. The zero-order valence-electron chi connectivity index (χ0n) is 15.5. The number of aromatic nitrogens is 2. The van der Waals surface area contributed by atoms with Gasteiger partial charge in [-0.25, -0.2) is 4.98 Å². The lowest BCUT2D eigenvalue weighted by Gasteiger charge is -2.26. The lowest BCUT2D eigenvalue weighted by Crippen LogP contribution is -2.31. The van der Waals surface area contributed by atoms with Gasteiger partial charge in [-0.15, -0.1) is 0 Å². The van der Waals surface area contributed by atoms with Crippen LogP contribution in [0.1, 0.15) is 32.8 Å². The largest absolute Gasteiger partial charge is 0.490 e. The van der Waals surface area contributed by atoms with Crippen LogP contribution in [0.25, 0.3) is 0 Å². The standard InChI is InChI=1S/C18H21BN2O6/c1-4-24-16(22)9-18(23)17-13(19-27-18)7-12(8-14(17)25-11(2)3)26-15-10-20-5-6-21-15/h5-8,10-11,19,23H,4,9H2,1-3H3. The van der Waals surface area contributed by atoms with Crippen molar-refractivity contribution in [3.63, 3.8) is 0 Å². The maximum atomic E-state index is 11.9. The fourth-order valence-electron chi connectivity index (χ4n) is 2.88. The molecule has 1 aliphatic rings. The zero-order chi connectivity index (χ0) is 19.4. The van der Waals surface area contributed by atoms with Gasteiger partial charge in [0.15, 0.2) is 5.79 Å². The summed E-state index contributed by atoms with van der Waals surface area (Å²) in [5.74, 6) is -1.19. The van der Waals surface area contributed by atoms with Gasteiger partial charge >= 0.3 is 13.5 Å². The van der Waals surface area contributed by atoms with Gasteiger partial charge in [-0.1, -0.05) is 0 Å². The van der Waals surface area contributed by atoms with E-state index >= 15 is 0 Å². The van der Waals surface area contributed by atoms with Crippen molar-refractivity contribution in [3.05, 3.63) is 36.3 Å². The number of carbonyl (C=O) groups excluding carboxylic acids is 1. The third-order valence-electron chi connectivity index (χ3n) is 3.83. The number of fused-ring (bicyclic) bond motifs is 1. The fourth-order valence-corrected chi connectivity index (χ4v) is 2.88. The summed E-state index contributed by atoms with van der Waals surface area (Å²) in [5.41, 5.74) is 1.08. The Bertz CT molecular complexity index is 817. The molecule has 0 amide bonds. The third-order valence-corrected chi connectivity index (χ3v) is 3.83. The molecule has 1 aromatic heterocycles. The van der Waals surface area contributed by atoms with Gasteiger partial charge in [0.25, 0.3) is 0 Å². The third kappa shape index (κ3) is 4.37. The zero-order valence-corrected chi connectivity index (χ0v) is 15.5. The van der Waals surface area contributed by atoms with E-state index in [4.69, 9.17) is 18.9 Å². The summed E-state index contributed by atoms with van der Waals surface area (Å²) in [7, 11) is 0.108. The minimum Gasteiger partial charge on any atom is -0.490 e. The molecule has 1 aromatic carbocycles. The average Bonchev–Trinajstić information content (AvgIpc) is 2.92. The van der Waals surface area contributed by atoms with E-state index in [2.05, 4.69) is 9.97 Å². The van der Waals surface area contributed by atoms with Crippen LogP contribution >= 0.6 is 0 Å². The number of aliphatic hydroxyl groups is 1. The molecule has 0 radical (unpaired) electrons. The molecule has 27 heavy (non-hydrogen) atoms. The maximum Gasteiger partial charge on any atom is 0.313 e. The van der Waals surface area contributed by atoms with Crippen molar-refractivity contribution in [1.29, 1.82) is 0 Å². The molecule has 1 unspecified atom stereocenters. The Morgan fingerprint density at radius 1 is 1.37 bits per heavy atom. The van der Waals surface area contributed by atoms with E-state index in [0.717, 1.165) is 0 Å². The molecule has 0 aliphatic carbocycles. The predicted octanol–water partition coefficient (Wildman–Crippen LogP) is 1.16. The SMILES string of the molecule is CCOC(=O)CC1(O)OBc2cc(Oc3cnccn3)cc(OC(C)C)c21. The number of ether oxygens (including phenoxy) is 3. The lowest BCUT2D eigenvalue weighted by atomic mass is 9.85. The van der Waals surface area contributed by atoms with Crippen LogP contribution in [0.3, 0.4) is 0 Å². The first-order chi connectivity index (χ1) is 12.9. The van der Waals surface area contributed by atoms with Crippen LogP contribution in [-0.2, 0) is 20.0 Å². The van der Waals surface area contributed by atoms with Crippen LogP contribution in [0.4, 0.5) is 0 Å². The average molecular weight is 372 g/mol. The highest BCUT2D eigenvalue weighted by atomic mass is 16.6. The smallest absolute Gasteiger partial charge is 0.313 e. The molecule has 2 heterocycles. The quantitative estimate of drug-likeness (QED) is 0.571. The van der Waals surface area contributed by atoms with Crippen molar-refractivity contribution in [3.8, 4) is 17.4 Å². The molecule has 142 valence electrons. The van der Waals surface area contributed by atoms with Crippen LogP contribution in [0.5, 0.6) is 17.4 Å². The Morgan fingerprint density at radius 3 is 2.85 bits per heavy atom. The lowest BCUT2D eigenvalue weighted by molar-refractivity contribution is -0.174. The Labute approximate surface area is 157 Å². The van der Waals surface area contributed by atoms with Gasteiger partial charge in [0.2, 0.25) is 5.88 Å². The van der Waals surface area contributed by atoms with E-state index in [0.29, 0.717) is 28.4 Å². The molecular weight excluding hydrogens is 351 g/mol. The van der Waals surface area contributed by atoms with Gasteiger partial charge in [0.05, 0.1) is 18.9 Å². The van der Waals surface area contributed by atoms with E-state index in [-0.39, 0.29) is 26.6 Å². The van der Waals surface area contributed by atoms with Gasteiger partial charge in [-0.05, 0) is 32.3 Å². The van der Waals surface area contributed by atoms with Crippen molar-refractivity contribution in [2.24, 2.45) is 0 Å². The molecule has 1 N–H and O–H groups in total. The number of esters is 1. The fraction of sp³-hybridized carbons (Fsp3) is 0.389. The van der Waals surface area contributed by atoms with Crippen molar-refractivity contribution in [2.75, 3.05) is 6.61 Å². The predicted molar refractivity (Wildman–Crippen MR) is 97.3 cm³/mol. The summed E-state index contributed by atoms with van der Waals surface area (Å²) in [6.45, 7) is 5.66. The number of hydrogen-bond acceptors (Lipinski definition) is 8. The second-order valence-electron chi connectivity index (χ2n) is 6.32. The maximum absolute atomic E-state index is 11.9. The summed E-state index contributed by atoms with van der Waals surface area (Å²) < 4.78 is 22.1. The Hall–Kier alpha value is -2.65. The van der Waals surface area contributed by atoms with E-state index in [1.165, 1.54) is 12.4 Å². The van der Waals surface area contributed by atoms with Crippen LogP contribution in [0.2, 0.25) is 0 Å². The second kappa shape index (κ2) is 7.93. The van der Waals surface area contributed by atoms with Gasteiger partial charge in [0, 0.05) is 24.0 Å². The molecule has 3 rings (SSSR count). The molecule has 9 heteroatoms. The first kappa shape index (κ1) is 19.1. The molecule has 1 aliphatic heterocycles. The molecule has 0 saturated carbocycles. The van der Waals surface area contributed by atoms with Crippen molar-refractivity contribution in [2.45, 2.75) is 39.1 Å². The highest BCUT2D eigenvalue weighted by Gasteiger charge is 2.44. The van der Waals surface area contributed by atoms with E-state index in [9.17, 15) is 9.90 Å². The van der Waals surface area contributed by atoms with Crippen LogP contribution in [0.15, 0.2) is 30.7 Å². The Kier molecular flexibility index (Phi) is 5.62. The molecule has 8 nitrogen and oxygen atoms in total. The van der Waals surface area contributed by atoms with E-state index < -0.39 is 11.8 Å². The highest BCUT2D eigenvalue weighted by Crippen LogP contribution is 2.39. The second-order valence-corrected chi connectivity index (χ2v) is 6.32. The summed E-state index contributed by atoms with van der Waals surface area (Å²) in [5, 5.41) is 10.9. The topological polar surface area (TPSA) is 100 Å². The number of hydrogen-bond donors (Lipinski definition) is 1. The first-order valence-electron chi connectivity index (χ1n) is 8.71. The van der Waals surface area contributed by atoms with Gasteiger partial charge in [-0.3, -0.25) is 9.78 Å². The van der Waals surface area contributed by atoms with Gasteiger partial charge < -0.3 is 24.0 Å². The number of nitrogens with zero attached hydrogens (tertiary/aromatic N) is 2. The molecule has 1 atom stereocenters. The Balaban J connectivity index is 1.96. The molecule has 2 aromatic rings. The molecule has 0 spiro atoms. The first-order valence-corrected chi connectivity index (χ1v) is 8.71. The van der Waals surface area contributed by atoms with Crippen molar-refractivity contribution >= 4 is 18.9 Å². The van der Waals surface area contributed by atoms with Crippen LogP contribution in [-0.4, -0.2) is 41.2 Å². The summed E-state index contributed by atoms with van der Waals surface area (Å²) in [6.07, 6.45) is 4.08. The summed E-state index contributed by atoms with van der Waals surface area (Å²) in [4.78, 5) is 20.0. The highest BCUT2D eigenvalue weighted by molar-refractivity contribution is 6.49. The Morgan fingerprint density at radius 2 is 2.19 bits per heavy atom. The van der Waals surface area contributed by atoms with E-state index in [1.807, 2.05) is 13.8 Å². The van der Waals surface area contributed by atoms with Gasteiger partial charge in [0.1, 0.15) is 17.9 Å². The number of carbonyl (C=O) groups is 1. The number of rotatable bonds is 7. The monoisotopic (exact) mass is 372 g/mol. The molecule has 0 fully saturated rings.